The first kappa shape index (κ1) is 15.1. The first-order chi connectivity index (χ1) is 8.90. The number of rotatable bonds is 7. The van der Waals surface area contributed by atoms with Crippen molar-refractivity contribution in [3.8, 4) is 0 Å². The Morgan fingerprint density at radius 1 is 1.00 bits per heavy atom. The van der Waals surface area contributed by atoms with Gasteiger partial charge in [0.2, 0.25) is 0 Å². The number of carboxylic acid groups (broad SMARTS) is 2. The van der Waals surface area contributed by atoms with Crippen LogP contribution in [0, 0.1) is 0 Å². The lowest BCUT2D eigenvalue weighted by molar-refractivity contribution is -0.141. The summed E-state index contributed by atoms with van der Waals surface area (Å²) in [5, 5.41) is 36.3. The topological polar surface area (TPSA) is 115 Å². The third kappa shape index (κ3) is 5.07. The van der Waals surface area contributed by atoms with Gasteiger partial charge in [-0.05, 0) is 17.5 Å². The molecule has 0 saturated carbocycles. The molecule has 0 heterocycles. The fourth-order valence-electron chi connectivity index (χ4n) is 1.65. The number of aliphatic hydroxyl groups excluding tert-OH is 2. The van der Waals surface area contributed by atoms with Crippen molar-refractivity contribution in [3.63, 3.8) is 0 Å². The summed E-state index contributed by atoms with van der Waals surface area (Å²) in [6, 6.07) is 6.39. The summed E-state index contributed by atoms with van der Waals surface area (Å²) >= 11 is 0. The molecule has 0 fully saturated rings. The summed E-state index contributed by atoms with van der Waals surface area (Å²) in [6.45, 7) is 0. The zero-order valence-corrected chi connectivity index (χ0v) is 10.2. The molecule has 0 aliphatic rings. The smallest absolute Gasteiger partial charge is 0.306 e. The van der Waals surface area contributed by atoms with E-state index in [2.05, 4.69) is 0 Å². The second-order valence-electron chi connectivity index (χ2n) is 4.25. The molecule has 0 saturated heterocycles. The number of hydrogen-bond acceptors (Lipinski definition) is 4. The Labute approximate surface area is 109 Å². The Morgan fingerprint density at radius 2 is 1.58 bits per heavy atom. The maximum Gasteiger partial charge on any atom is 0.306 e. The average molecular weight is 268 g/mol. The summed E-state index contributed by atoms with van der Waals surface area (Å²) < 4.78 is 0. The normalized spacial score (nSPS) is 13.8. The highest BCUT2D eigenvalue weighted by Crippen LogP contribution is 2.20. The van der Waals surface area contributed by atoms with Crippen LogP contribution in [0.5, 0.6) is 0 Å². The zero-order chi connectivity index (χ0) is 14.4. The van der Waals surface area contributed by atoms with Gasteiger partial charge in [0, 0.05) is 6.42 Å². The Balaban J connectivity index is 2.64. The molecular weight excluding hydrogens is 252 g/mol. The van der Waals surface area contributed by atoms with Crippen molar-refractivity contribution in [2.75, 3.05) is 0 Å². The predicted molar refractivity (Wildman–Crippen MR) is 65.6 cm³/mol. The first-order valence-corrected chi connectivity index (χ1v) is 5.78. The van der Waals surface area contributed by atoms with E-state index in [9.17, 15) is 19.8 Å². The van der Waals surface area contributed by atoms with Crippen LogP contribution in [0.4, 0.5) is 0 Å². The molecule has 0 aliphatic carbocycles. The number of benzene rings is 1. The van der Waals surface area contributed by atoms with Crippen LogP contribution in [0.2, 0.25) is 0 Å². The largest absolute Gasteiger partial charge is 0.481 e. The van der Waals surface area contributed by atoms with Gasteiger partial charge in [-0.1, -0.05) is 24.3 Å². The van der Waals surface area contributed by atoms with E-state index >= 15 is 0 Å². The predicted octanol–water partition coefficient (Wildman–Crippen LogP) is 0.573. The van der Waals surface area contributed by atoms with Crippen molar-refractivity contribution in [1.82, 2.24) is 0 Å². The molecule has 1 aromatic carbocycles. The Morgan fingerprint density at radius 3 is 2.05 bits per heavy atom. The van der Waals surface area contributed by atoms with E-state index in [0.29, 0.717) is 12.0 Å². The highest BCUT2D eigenvalue weighted by atomic mass is 16.4. The van der Waals surface area contributed by atoms with Gasteiger partial charge in [0.15, 0.2) is 0 Å². The van der Waals surface area contributed by atoms with Crippen LogP contribution >= 0.6 is 0 Å². The van der Waals surface area contributed by atoms with Crippen molar-refractivity contribution in [1.29, 1.82) is 0 Å². The Bertz CT molecular complexity index is 439. The van der Waals surface area contributed by atoms with Crippen molar-refractivity contribution < 1.29 is 30.0 Å². The van der Waals surface area contributed by atoms with E-state index in [0.717, 1.165) is 5.56 Å². The molecule has 0 aliphatic heterocycles. The molecule has 6 heteroatoms. The fraction of sp³-hybridized carbons (Fsp3) is 0.385. The SMILES string of the molecule is O=C(O)CCc1ccc(C(O)C(O)CC(=O)O)cc1. The standard InChI is InChI=1S/C13H16O6/c14-10(7-12(17)18)13(19)9-4-1-8(2-5-9)3-6-11(15)16/h1-2,4-5,10,13-14,19H,3,6-7H2,(H,15,16)(H,17,18). The van der Waals surface area contributed by atoms with Gasteiger partial charge in [-0.3, -0.25) is 9.59 Å². The third-order valence-corrected chi connectivity index (χ3v) is 2.70. The number of aryl methyl sites for hydroxylation is 1. The molecule has 104 valence electrons. The summed E-state index contributed by atoms with van der Waals surface area (Å²) in [6.07, 6.45) is -2.79. The van der Waals surface area contributed by atoms with Crippen molar-refractivity contribution in [3.05, 3.63) is 35.4 Å². The van der Waals surface area contributed by atoms with Gasteiger partial charge in [-0.2, -0.15) is 0 Å². The third-order valence-electron chi connectivity index (χ3n) is 2.70. The number of aliphatic carboxylic acids is 2. The van der Waals surface area contributed by atoms with E-state index in [1.165, 1.54) is 0 Å². The van der Waals surface area contributed by atoms with Crippen molar-refractivity contribution in [2.45, 2.75) is 31.5 Å². The first-order valence-electron chi connectivity index (χ1n) is 5.78. The second kappa shape index (κ2) is 6.86. The molecule has 2 atom stereocenters. The molecule has 1 rings (SSSR count). The minimum Gasteiger partial charge on any atom is -0.481 e. The fourth-order valence-corrected chi connectivity index (χ4v) is 1.65. The van der Waals surface area contributed by atoms with E-state index in [1.807, 2.05) is 0 Å². The number of aliphatic hydroxyl groups is 2. The van der Waals surface area contributed by atoms with E-state index in [1.54, 1.807) is 24.3 Å². The quantitative estimate of drug-likeness (QED) is 0.574. The highest BCUT2D eigenvalue weighted by Gasteiger charge is 2.20. The second-order valence-corrected chi connectivity index (χ2v) is 4.25. The van der Waals surface area contributed by atoms with E-state index in [-0.39, 0.29) is 6.42 Å². The molecular formula is C13H16O6. The lowest BCUT2D eigenvalue weighted by atomic mass is 10.00. The Kier molecular flexibility index (Phi) is 5.47. The van der Waals surface area contributed by atoms with Gasteiger partial charge in [-0.25, -0.2) is 0 Å². The lowest BCUT2D eigenvalue weighted by Crippen LogP contribution is -2.21. The Hall–Kier alpha value is -1.92. The highest BCUT2D eigenvalue weighted by molar-refractivity contribution is 5.67. The average Bonchev–Trinajstić information content (AvgIpc) is 2.35. The molecule has 0 amide bonds. The summed E-state index contributed by atoms with van der Waals surface area (Å²) in [5.41, 5.74) is 1.19. The molecule has 1 aromatic rings. The zero-order valence-electron chi connectivity index (χ0n) is 10.2. The maximum absolute atomic E-state index is 10.4. The van der Waals surface area contributed by atoms with Crippen molar-refractivity contribution in [2.24, 2.45) is 0 Å². The van der Waals surface area contributed by atoms with Gasteiger partial charge >= 0.3 is 11.9 Å². The maximum atomic E-state index is 10.4. The van der Waals surface area contributed by atoms with Crippen LogP contribution < -0.4 is 0 Å². The van der Waals surface area contributed by atoms with Crippen LogP contribution in [0.25, 0.3) is 0 Å². The minimum absolute atomic E-state index is 0.0174. The molecule has 6 nitrogen and oxygen atoms in total. The van der Waals surface area contributed by atoms with Crippen LogP contribution in [0.1, 0.15) is 30.1 Å². The van der Waals surface area contributed by atoms with E-state index in [4.69, 9.17) is 10.2 Å². The molecule has 0 aromatic heterocycles. The van der Waals surface area contributed by atoms with Gasteiger partial charge in [0.25, 0.3) is 0 Å². The van der Waals surface area contributed by atoms with Gasteiger partial charge in [-0.15, -0.1) is 0 Å². The van der Waals surface area contributed by atoms with E-state index < -0.39 is 30.6 Å². The van der Waals surface area contributed by atoms with Gasteiger partial charge in [0.05, 0.1) is 12.5 Å². The molecule has 4 N–H and O–H groups in total. The van der Waals surface area contributed by atoms with Crippen LogP contribution in [0.15, 0.2) is 24.3 Å². The molecule has 0 spiro atoms. The summed E-state index contributed by atoms with van der Waals surface area (Å²) in [7, 11) is 0. The van der Waals surface area contributed by atoms with Crippen molar-refractivity contribution >= 4 is 11.9 Å². The number of hydrogen-bond donors (Lipinski definition) is 4. The number of carboxylic acids is 2. The van der Waals surface area contributed by atoms with Gasteiger partial charge < -0.3 is 20.4 Å². The summed E-state index contributed by atoms with van der Waals surface area (Å²) in [5.74, 6) is -2.08. The van der Waals surface area contributed by atoms with Gasteiger partial charge in [0.1, 0.15) is 6.10 Å². The minimum atomic E-state index is -1.37. The molecule has 2 unspecified atom stereocenters. The lowest BCUT2D eigenvalue weighted by Gasteiger charge is -2.16. The molecule has 19 heavy (non-hydrogen) atoms. The van der Waals surface area contributed by atoms with Crippen LogP contribution in [0.3, 0.4) is 0 Å². The summed E-state index contributed by atoms with van der Waals surface area (Å²) in [4.78, 5) is 20.8. The monoisotopic (exact) mass is 268 g/mol. The van der Waals surface area contributed by atoms with Crippen LogP contribution in [-0.4, -0.2) is 38.5 Å². The van der Waals surface area contributed by atoms with Crippen LogP contribution in [-0.2, 0) is 16.0 Å². The number of carbonyl (C=O) groups is 2. The molecule has 0 bridgehead atoms. The molecule has 0 radical (unpaired) electrons.